The number of nitrogens with zero attached hydrogens (tertiary/aromatic N) is 1. The van der Waals surface area contributed by atoms with Gasteiger partial charge in [0, 0.05) is 31.5 Å². The van der Waals surface area contributed by atoms with Crippen LogP contribution in [0.15, 0.2) is 0 Å². The van der Waals surface area contributed by atoms with Gasteiger partial charge in [0.2, 0.25) is 5.92 Å². The number of halogens is 2. The average molecular weight is 318 g/mol. The van der Waals surface area contributed by atoms with Crippen molar-refractivity contribution in [3.8, 4) is 0 Å². The lowest BCUT2D eigenvalue weighted by Crippen LogP contribution is -2.55. The van der Waals surface area contributed by atoms with E-state index in [9.17, 15) is 13.6 Å². The lowest BCUT2D eigenvalue weighted by atomic mass is 9.89. The second-order valence-electron chi connectivity index (χ2n) is 7.47. The fraction of sp³-hybridized carbons (Fsp3) is 0.938. The predicted octanol–water partition coefficient (Wildman–Crippen LogP) is 3.55. The van der Waals surface area contributed by atoms with E-state index in [1.807, 2.05) is 20.8 Å². The Morgan fingerprint density at radius 3 is 2.32 bits per heavy atom. The minimum absolute atomic E-state index is 0.0420. The third kappa shape index (κ3) is 4.80. The number of nitrogens with one attached hydrogen (secondary N) is 1. The first kappa shape index (κ1) is 17.4. The highest BCUT2D eigenvalue weighted by molar-refractivity contribution is 5.69. The molecule has 2 fully saturated rings. The van der Waals surface area contributed by atoms with Crippen LogP contribution in [0.2, 0.25) is 0 Å². The molecule has 1 atom stereocenters. The van der Waals surface area contributed by atoms with Crippen LogP contribution in [0.25, 0.3) is 0 Å². The molecule has 0 aromatic rings. The van der Waals surface area contributed by atoms with E-state index in [1.54, 1.807) is 4.90 Å². The highest BCUT2D eigenvalue weighted by Crippen LogP contribution is 2.36. The summed E-state index contributed by atoms with van der Waals surface area (Å²) < 4.78 is 32.3. The van der Waals surface area contributed by atoms with E-state index in [4.69, 9.17) is 4.74 Å². The Bertz CT molecular complexity index is 380. The maximum atomic E-state index is 13.4. The normalized spacial score (nSPS) is 26.5. The summed E-state index contributed by atoms with van der Waals surface area (Å²) in [6.07, 6.45) is 1.95. The van der Waals surface area contributed by atoms with E-state index >= 15 is 0 Å². The third-order valence-electron chi connectivity index (χ3n) is 4.35. The molecule has 1 saturated heterocycles. The van der Waals surface area contributed by atoms with Crippen molar-refractivity contribution < 1.29 is 18.3 Å². The van der Waals surface area contributed by atoms with Gasteiger partial charge in [-0.15, -0.1) is 0 Å². The van der Waals surface area contributed by atoms with Gasteiger partial charge in [-0.1, -0.05) is 0 Å². The second kappa shape index (κ2) is 6.69. The summed E-state index contributed by atoms with van der Waals surface area (Å²) in [4.78, 5) is 14.3. The third-order valence-corrected chi connectivity index (χ3v) is 4.35. The minimum atomic E-state index is -2.58. The fourth-order valence-corrected chi connectivity index (χ4v) is 3.28. The van der Waals surface area contributed by atoms with E-state index in [1.165, 1.54) is 0 Å². The summed E-state index contributed by atoms with van der Waals surface area (Å²) in [5.74, 6) is -2.58. The zero-order valence-corrected chi connectivity index (χ0v) is 13.8. The van der Waals surface area contributed by atoms with Crippen LogP contribution >= 0.6 is 0 Å². The molecule has 2 aliphatic rings. The Kier molecular flexibility index (Phi) is 5.30. The van der Waals surface area contributed by atoms with E-state index in [0.29, 0.717) is 19.4 Å². The Morgan fingerprint density at radius 2 is 1.82 bits per heavy atom. The number of amides is 1. The summed E-state index contributed by atoms with van der Waals surface area (Å²) in [5, 5.41) is 3.29. The molecule has 4 nitrogen and oxygen atoms in total. The zero-order valence-electron chi connectivity index (χ0n) is 13.8. The molecule has 6 heteroatoms. The summed E-state index contributed by atoms with van der Waals surface area (Å²) in [7, 11) is 0. The lowest BCUT2D eigenvalue weighted by molar-refractivity contribution is -0.0634. The molecule has 1 aliphatic carbocycles. The van der Waals surface area contributed by atoms with Crippen LogP contribution in [0.5, 0.6) is 0 Å². The van der Waals surface area contributed by atoms with Crippen LogP contribution < -0.4 is 5.32 Å². The molecular formula is C16H28F2N2O2. The number of alkyl halides is 2. The smallest absolute Gasteiger partial charge is 0.410 e. The number of carbonyl (C=O) groups is 1. The molecule has 0 spiro atoms. The van der Waals surface area contributed by atoms with Crippen molar-refractivity contribution in [2.45, 2.75) is 82.9 Å². The molecule has 1 heterocycles. The monoisotopic (exact) mass is 318 g/mol. The molecule has 1 aliphatic heterocycles. The first-order valence-electron chi connectivity index (χ1n) is 8.28. The topological polar surface area (TPSA) is 41.6 Å². The van der Waals surface area contributed by atoms with Crippen LogP contribution in [0.3, 0.4) is 0 Å². The highest BCUT2D eigenvalue weighted by Gasteiger charge is 2.41. The number of hydrogen-bond donors (Lipinski definition) is 1. The molecule has 2 rings (SSSR count). The lowest BCUT2D eigenvalue weighted by Gasteiger charge is -2.43. The van der Waals surface area contributed by atoms with Crippen molar-refractivity contribution in [1.29, 1.82) is 0 Å². The number of ether oxygens (including phenoxy) is 1. The van der Waals surface area contributed by atoms with Gasteiger partial charge in [0.05, 0.1) is 0 Å². The molecule has 0 aromatic carbocycles. The molecular weight excluding hydrogens is 290 g/mol. The van der Waals surface area contributed by atoms with Crippen molar-refractivity contribution in [2.24, 2.45) is 0 Å². The summed E-state index contributed by atoms with van der Waals surface area (Å²) in [5.41, 5.74) is -0.573. The highest BCUT2D eigenvalue weighted by atomic mass is 19.3. The van der Waals surface area contributed by atoms with Crippen LogP contribution in [-0.4, -0.2) is 47.7 Å². The van der Waals surface area contributed by atoms with Gasteiger partial charge in [0.15, 0.2) is 0 Å². The number of hydrogen-bond acceptors (Lipinski definition) is 3. The number of carbonyl (C=O) groups excluding carboxylic acids is 1. The SMILES string of the molecule is CC(C)(C)OC(=O)N(C1CCC(F)(F)CC1)C1CCCNC1. The van der Waals surface area contributed by atoms with Gasteiger partial charge >= 0.3 is 6.09 Å². The Labute approximate surface area is 131 Å². The van der Waals surface area contributed by atoms with Gasteiger partial charge < -0.3 is 15.0 Å². The van der Waals surface area contributed by atoms with Crippen LogP contribution in [0.1, 0.15) is 59.3 Å². The molecule has 0 radical (unpaired) electrons. The predicted molar refractivity (Wildman–Crippen MR) is 81.2 cm³/mol. The van der Waals surface area contributed by atoms with Crippen molar-refractivity contribution >= 4 is 6.09 Å². The van der Waals surface area contributed by atoms with Gasteiger partial charge in [0.25, 0.3) is 0 Å². The zero-order chi connectivity index (χ0) is 16.4. The number of piperidine rings is 1. The van der Waals surface area contributed by atoms with E-state index in [2.05, 4.69) is 5.32 Å². The maximum Gasteiger partial charge on any atom is 0.410 e. The molecule has 1 unspecified atom stereocenters. The number of rotatable bonds is 2. The van der Waals surface area contributed by atoms with Crippen LogP contribution in [0.4, 0.5) is 13.6 Å². The largest absolute Gasteiger partial charge is 0.444 e. The first-order chi connectivity index (χ1) is 10.2. The van der Waals surface area contributed by atoms with Crippen molar-refractivity contribution in [2.75, 3.05) is 13.1 Å². The van der Waals surface area contributed by atoms with Crippen LogP contribution in [0, 0.1) is 0 Å². The van der Waals surface area contributed by atoms with Crippen LogP contribution in [-0.2, 0) is 4.74 Å². The van der Waals surface area contributed by atoms with Gasteiger partial charge in [-0.2, -0.15) is 0 Å². The van der Waals surface area contributed by atoms with E-state index in [0.717, 1.165) is 19.4 Å². The standard InChI is InChI=1S/C16H28F2N2O2/c1-15(2,3)22-14(21)20(13-5-4-10-19-11-13)12-6-8-16(17,18)9-7-12/h12-13,19H,4-11H2,1-3H3. The maximum absolute atomic E-state index is 13.4. The molecule has 128 valence electrons. The first-order valence-corrected chi connectivity index (χ1v) is 8.28. The Balaban J connectivity index is 2.09. The van der Waals surface area contributed by atoms with Crippen molar-refractivity contribution in [3.05, 3.63) is 0 Å². The molecule has 22 heavy (non-hydrogen) atoms. The molecule has 1 N–H and O–H groups in total. The van der Waals surface area contributed by atoms with E-state index in [-0.39, 0.29) is 31.0 Å². The van der Waals surface area contributed by atoms with E-state index < -0.39 is 11.5 Å². The van der Waals surface area contributed by atoms with Gasteiger partial charge in [-0.3, -0.25) is 0 Å². The minimum Gasteiger partial charge on any atom is -0.444 e. The summed E-state index contributed by atoms with van der Waals surface area (Å²) in [6.45, 7) is 7.15. The quantitative estimate of drug-likeness (QED) is 0.846. The fourth-order valence-electron chi connectivity index (χ4n) is 3.28. The molecule has 0 aromatic heterocycles. The molecule has 0 bridgehead atoms. The Hall–Kier alpha value is -0.910. The summed E-state index contributed by atoms with van der Waals surface area (Å²) >= 11 is 0. The van der Waals surface area contributed by atoms with Gasteiger partial charge in [-0.05, 0) is 53.0 Å². The second-order valence-corrected chi connectivity index (χ2v) is 7.47. The summed E-state index contributed by atoms with van der Waals surface area (Å²) in [6, 6.07) is -0.0975. The Morgan fingerprint density at radius 1 is 1.18 bits per heavy atom. The molecule has 1 saturated carbocycles. The van der Waals surface area contributed by atoms with Gasteiger partial charge in [0.1, 0.15) is 5.60 Å². The van der Waals surface area contributed by atoms with Gasteiger partial charge in [-0.25, -0.2) is 13.6 Å². The van der Waals surface area contributed by atoms with Crippen molar-refractivity contribution in [3.63, 3.8) is 0 Å². The van der Waals surface area contributed by atoms with Crippen molar-refractivity contribution in [1.82, 2.24) is 10.2 Å². The molecule has 1 amide bonds. The average Bonchev–Trinajstić information content (AvgIpc) is 2.40.